The van der Waals surface area contributed by atoms with E-state index < -0.39 is 5.41 Å². The highest BCUT2D eigenvalue weighted by molar-refractivity contribution is 6.03. The molecule has 4 nitrogen and oxygen atoms in total. The molecule has 0 radical (unpaired) electrons. The maximum Gasteiger partial charge on any atom is 0.174 e. The fourth-order valence-electron chi connectivity index (χ4n) is 2.80. The summed E-state index contributed by atoms with van der Waals surface area (Å²) in [5.41, 5.74) is 8.18. The molecular formula is C16H23NO3. The Balaban J connectivity index is 2.44. The van der Waals surface area contributed by atoms with Crippen LogP contribution < -0.4 is 10.5 Å². The van der Waals surface area contributed by atoms with E-state index in [0.29, 0.717) is 43.9 Å². The van der Waals surface area contributed by atoms with Crippen molar-refractivity contribution in [3.63, 3.8) is 0 Å². The van der Waals surface area contributed by atoms with E-state index in [-0.39, 0.29) is 5.78 Å². The Morgan fingerprint density at radius 1 is 1.35 bits per heavy atom. The zero-order valence-electron chi connectivity index (χ0n) is 12.5. The summed E-state index contributed by atoms with van der Waals surface area (Å²) in [5, 5.41) is 0. The maximum atomic E-state index is 13.0. The minimum absolute atomic E-state index is 0.0863. The number of nitrogens with two attached hydrogens (primary N) is 1. The van der Waals surface area contributed by atoms with Gasteiger partial charge in [-0.2, -0.15) is 0 Å². The Labute approximate surface area is 120 Å². The smallest absolute Gasteiger partial charge is 0.174 e. The topological polar surface area (TPSA) is 61.5 Å². The zero-order valence-corrected chi connectivity index (χ0v) is 12.5. The fourth-order valence-corrected chi connectivity index (χ4v) is 2.80. The van der Waals surface area contributed by atoms with Crippen molar-refractivity contribution in [3.05, 3.63) is 28.8 Å². The van der Waals surface area contributed by atoms with E-state index in [2.05, 4.69) is 0 Å². The molecule has 0 spiro atoms. The van der Waals surface area contributed by atoms with E-state index >= 15 is 0 Å². The molecule has 1 aliphatic rings. The van der Waals surface area contributed by atoms with E-state index in [1.165, 1.54) is 0 Å². The van der Waals surface area contributed by atoms with Crippen molar-refractivity contribution in [1.29, 1.82) is 0 Å². The summed E-state index contributed by atoms with van der Waals surface area (Å²) in [7, 11) is 1.61. The molecule has 0 saturated carbocycles. The summed E-state index contributed by atoms with van der Waals surface area (Å²) >= 11 is 0. The van der Waals surface area contributed by atoms with Gasteiger partial charge in [0.15, 0.2) is 5.78 Å². The molecule has 0 aliphatic carbocycles. The number of hydrogen-bond donors (Lipinski definition) is 1. The first-order valence-electron chi connectivity index (χ1n) is 7.02. The minimum Gasteiger partial charge on any atom is -0.496 e. The lowest BCUT2D eigenvalue weighted by Crippen LogP contribution is -2.43. The van der Waals surface area contributed by atoms with Crippen LogP contribution >= 0.6 is 0 Å². The molecule has 1 saturated heterocycles. The molecule has 110 valence electrons. The molecule has 0 bridgehead atoms. The Hall–Kier alpha value is -1.39. The Morgan fingerprint density at radius 2 is 2.00 bits per heavy atom. The van der Waals surface area contributed by atoms with Gasteiger partial charge < -0.3 is 15.2 Å². The monoisotopic (exact) mass is 277 g/mol. The van der Waals surface area contributed by atoms with Crippen LogP contribution in [0.25, 0.3) is 0 Å². The second-order valence-corrected chi connectivity index (χ2v) is 5.51. The van der Waals surface area contributed by atoms with Crippen LogP contribution in [-0.4, -0.2) is 32.7 Å². The van der Waals surface area contributed by atoms with Crippen LogP contribution in [0.2, 0.25) is 0 Å². The number of ether oxygens (including phenoxy) is 2. The number of ketones is 1. The van der Waals surface area contributed by atoms with Gasteiger partial charge in [0, 0.05) is 19.8 Å². The number of hydrogen-bond acceptors (Lipinski definition) is 4. The van der Waals surface area contributed by atoms with E-state index in [1.807, 2.05) is 26.0 Å². The molecule has 2 rings (SSSR count). The van der Waals surface area contributed by atoms with Gasteiger partial charge in [0.1, 0.15) is 5.75 Å². The number of aryl methyl sites for hydroxylation is 1. The van der Waals surface area contributed by atoms with Gasteiger partial charge in [-0.3, -0.25) is 4.79 Å². The lowest BCUT2D eigenvalue weighted by molar-refractivity contribution is 0.0198. The van der Waals surface area contributed by atoms with E-state index in [0.717, 1.165) is 11.1 Å². The van der Waals surface area contributed by atoms with Crippen molar-refractivity contribution in [1.82, 2.24) is 0 Å². The Morgan fingerprint density at radius 3 is 2.55 bits per heavy atom. The standard InChI is InChI=1S/C16H23NO3/c1-11-4-5-13(14(19-3)12(11)2)15(18)16(10-17)6-8-20-9-7-16/h4-5H,6-10,17H2,1-3H3. The minimum atomic E-state index is -0.507. The molecule has 1 aromatic rings. The van der Waals surface area contributed by atoms with Gasteiger partial charge in [-0.25, -0.2) is 0 Å². The van der Waals surface area contributed by atoms with Crippen molar-refractivity contribution in [2.75, 3.05) is 26.9 Å². The summed E-state index contributed by atoms with van der Waals surface area (Å²) in [6, 6.07) is 3.82. The molecule has 0 unspecified atom stereocenters. The highest BCUT2D eigenvalue weighted by atomic mass is 16.5. The third kappa shape index (κ3) is 2.45. The Kier molecular flexibility index (Phi) is 4.45. The van der Waals surface area contributed by atoms with Gasteiger partial charge in [0.05, 0.1) is 18.1 Å². The van der Waals surface area contributed by atoms with Crippen molar-refractivity contribution < 1.29 is 14.3 Å². The first-order chi connectivity index (χ1) is 9.55. The molecule has 1 aromatic carbocycles. The molecule has 0 aromatic heterocycles. The molecule has 2 N–H and O–H groups in total. The molecule has 1 heterocycles. The SMILES string of the molecule is COc1c(C(=O)C2(CN)CCOCC2)ccc(C)c1C. The van der Waals surface area contributed by atoms with Crippen LogP contribution in [0.4, 0.5) is 0 Å². The van der Waals surface area contributed by atoms with Gasteiger partial charge >= 0.3 is 0 Å². The van der Waals surface area contributed by atoms with Gasteiger partial charge in [-0.15, -0.1) is 0 Å². The second kappa shape index (κ2) is 5.94. The van der Waals surface area contributed by atoms with Crippen LogP contribution in [0.1, 0.15) is 34.3 Å². The summed E-state index contributed by atoms with van der Waals surface area (Å²) in [5.74, 6) is 0.762. The molecule has 0 atom stereocenters. The van der Waals surface area contributed by atoms with Gasteiger partial charge in [0.2, 0.25) is 0 Å². The van der Waals surface area contributed by atoms with Crippen molar-refractivity contribution in [2.45, 2.75) is 26.7 Å². The summed E-state index contributed by atoms with van der Waals surface area (Å²) in [6.45, 7) is 5.53. The molecule has 4 heteroatoms. The van der Waals surface area contributed by atoms with Crippen LogP contribution in [-0.2, 0) is 4.74 Å². The second-order valence-electron chi connectivity index (χ2n) is 5.51. The summed E-state index contributed by atoms with van der Waals surface area (Å²) in [4.78, 5) is 13.0. The van der Waals surface area contributed by atoms with E-state index in [9.17, 15) is 4.79 Å². The Bertz CT molecular complexity index is 505. The number of carbonyl (C=O) groups is 1. The highest BCUT2D eigenvalue weighted by Crippen LogP contribution is 2.37. The van der Waals surface area contributed by atoms with E-state index in [1.54, 1.807) is 7.11 Å². The molecule has 1 fully saturated rings. The van der Waals surface area contributed by atoms with Crippen molar-refractivity contribution in [3.8, 4) is 5.75 Å². The van der Waals surface area contributed by atoms with Crippen LogP contribution in [0.15, 0.2) is 12.1 Å². The largest absolute Gasteiger partial charge is 0.496 e. The average molecular weight is 277 g/mol. The predicted molar refractivity (Wildman–Crippen MR) is 78.3 cm³/mol. The third-order valence-electron chi connectivity index (χ3n) is 4.45. The fraction of sp³-hybridized carbons (Fsp3) is 0.562. The zero-order chi connectivity index (χ0) is 14.8. The first kappa shape index (κ1) is 15.0. The predicted octanol–water partition coefficient (Wildman–Crippen LogP) is 2.25. The number of benzene rings is 1. The summed E-state index contributed by atoms with van der Waals surface area (Å²) < 4.78 is 10.8. The maximum absolute atomic E-state index is 13.0. The number of Topliss-reactive ketones (excluding diaryl/α,β-unsaturated/α-hetero) is 1. The summed E-state index contributed by atoms with van der Waals surface area (Å²) in [6.07, 6.45) is 1.36. The van der Waals surface area contributed by atoms with Crippen molar-refractivity contribution >= 4 is 5.78 Å². The number of methoxy groups -OCH3 is 1. The quantitative estimate of drug-likeness (QED) is 0.857. The van der Waals surface area contributed by atoms with Crippen molar-refractivity contribution in [2.24, 2.45) is 11.1 Å². The lowest BCUT2D eigenvalue weighted by Gasteiger charge is -2.35. The highest BCUT2D eigenvalue weighted by Gasteiger charge is 2.40. The molecule has 20 heavy (non-hydrogen) atoms. The van der Waals surface area contributed by atoms with Gasteiger partial charge in [-0.1, -0.05) is 6.07 Å². The number of carbonyl (C=O) groups excluding carboxylic acids is 1. The normalized spacial score (nSPS) is 17.8. The molecule has 0 amide bonds. The van der Waals surface area contributed by atoms with Crippen LogP contribution in [0.5, 0.6) is 5.75 Å². The van der Waals surface area contributed by atoms with E-state index in [4.69, 9.17) is 15.2 Å². The first-order valence-corrected chi connectivity index (χ1v) is 7.02. The van der Waals surface area contributed by atoms with Gasteiger partial charge in [0.25, 0.3) is 0 Å². The lowest BCUT2D eigenvalue weighted by atomic mass is 9.73. The average Bonchev–Trinajstić information content (AvgIpc) is 2.49. The molecular weight excluding hydrogens is 254 g/mol. The molecule has 1 aliphatic heterocycles. The third-order valence-corrected chi connectivity index (χ3v) is 4.45. The number of rotatable bonds is 4. The van der Waals surface area contributed by atoms with Crippen LogP contribution in [0, 0.1) is 19.3 Å². The van der Waals surface area contributed by atoms with Crippen LogP contribution in [0.3, 0.4) is 0 Å². The van der Waals surface area contributed by atoms with Gasteiger partial charge in [-0.05, 0) is 43.9 Å².